The third-order valence-electron chi connectivity index (χ3n) is 2.98. The van der Waals surface area contributed by atoms with E-state index in [2.05, 4.69) is 10.3 Å². The van der Waals surface area contributed by atoms with Crippen molar-refractivity contribution >= 4 is 9.84 Å². The van der Waals surface area contributed by atoms with E-state index in [1.54, 1.807) is 24.5 Å². The SMILES string of the molecule is O=S(=O)(Cc1cccnc1)CC1CCCCN1. The maximum Gasteiger partial charge on any atom is 0.156 e. The molecule has 1 aromatic rings. The van der Waals surface area contributed by atoms with Gasteiger partial charge in [0, 0.05) is 18.4 Å². The summed E-state index contributed by atoms with van der Waals surface area (Å²) in [6.45, 7) is 0.938. The zero-order valence-electron chi connectivity index (χ0n) is 9.80. The number of sulfone groups is 1. The van der Waals surface area contributed by atoms with E-state index < -0.39 is 9.84 Å². The first-order valence-electron chi connectivity index (χ1n) is 5.98. The first-order valence-corrected chi connectivity index (χ1v) is 7.80. The summed E-state index contributed by atoms with van der Waals surface area (Å²) in [7, 11) is -3.04. The minimum Gasteiger partial charge on any atom is -0.313 e. The molecule has 1 unspecified atom stereocenters. The van der Waals surface area contributed by atoms with Crippen molar-refractivity contribution in [2.75, 3.05) is 12.3 Å². The molecule has 1 fully saturated rings. The zero-order valence-corrected chi connectivity index (χ0v) is 10.6. The van der Waals surface area contributed by atoms with Crippen LogP contribution >= 0.6 is 0 Å². The van der Waals surface area contributed by atoms with E-state index in [1.807, 2.05) is 0 Å². The number of nitrogens with zero attached hydrogens (tertiary/aromatic N) is 1. The molecule has 0 saturated carbocycles. The third-order valence-corrected chi connectivity index (χ3v) is 4.66. The standard InChI is InChI=1S/C12H18N2O2S/c15-17(16,9-11-4-3-6-13-8-11)10-12-5-1-2-7-14-12/h3-4,6,8,12,14H,1-2,5,7,9-10H2. The molecule has 0 aromatic carbocycles. The van der Waals surface area contributed by atoms with Crippen LogP contribution in [0.1, 0.15) is 24.8 Å². The Labute approximate surface area is 102 Å². The van der Waals surface area contributed by atoms with Gasteiger partial charge >= 0.3 is 0 Å². The smallest absolute Gasteiger partial charge is 0.156 e. The second kappa shape index (κ2) is 5.60. The summed E-state index contributed by atoms with van der Waals surface area (Å²) in [6.07, 6.45) is 6.51. The van der Waals surface area contributed by atoms with Crippen LogP contribution in [0.25, 0.3) is 0 Å². The summed E-state index contributed by atoms with van der Waals surface area (Å²) >= 11 is 0. The summed E-state index contributed by atoms with van der Waals surface area (Å²) < 4.78 is 24.0. The van der Waals surface area contributed by atoms with Gasteiger partial charge in [-0.05, 0) is 31.0 Å². The lowest BCUT2D eigenvalue weighted by atomic mass is 10.1. The largest absolute Gasteiger partial charge is 0.313 e. The predicted molar refractivity (Wildman–Crippen MR) is 67.4 cm³/mol. The van der Waals surface area contributed by atoms with Gasteiger partial charge in [0.1, 0.15) is 0 Å². The first kappa shape index (κ1) is 12.5. The summed E-state index contributed by atoms with van der Waals surface area (Å²) in [5.41, 5.74) is 0.767. The van der Waals surface area contributed by atoms with Gasteiger partial charge in [-0.1, -0.05) is 12.5 Å². The summed E-state index contributed by atoms with van der Waals surface area (Å²) in [5.74, 6) is 0.334. The molecule has 0 bridgehead atoms. The Morgan fingerprint density at radius 1 is 1.41 bits per heavy atom. The molecule has 5 heteroatoms. The van der Waals surface area contributed by atoms with Gasteiger partial charge in [0.25, 0.3) is 0 Å². The highest BCUT2D eigenvalue weighted by Gasteiger charge is 2.21. The molecule has 1 aromatic heterocycles. The van der Waals surface area contributed by atoms with E-state index in [4.69, 9.17) is 0 Å². The van der Waals surface area contributed by atoms with Crippen LogP contribution in [-0.4, -0.2) is 31.7 Å². The van der Waals surface area contributed by atoms with Crippen LogP contribution < -0.4 is 5.32 Å². The summed E-state index contributed by atoms with van der Waals surface area (Å²) in [6, 6.07) is 3.70. The lowest BCUT2D eigenvalue weighted by Crippen LogP contribution is -2.39. The number of pyridine rings is 1. The minimum atomic E-state index is -3.04. The fraction of sp³-hybridized carbons (Fsp3) is 0.583. The molecule has 17 heavy (non-hydrogen) atoms. The average molecular weight is 254 g/mol. The monoisotopic (exact) mass is 254 g/mol. The van der Waals surface area contributed by atoms with Gasteiger partial charge in [0.2, 0.25) is 0 Å². The van der Waals surface area contributed by atoms with Crippen molar-refractivity contribution < 1.29 is 8.42 Å². The second-order valence-electron chi connectivity index (χ2n) is 4.56. The predicted octanol–water partition coefficient (Wildman–Crippen LogP) is 1.14. The van der Waals surface area contributed by atoms with Crippen LogP contribution in [-0.2, 0) is 15.6 Å². The Bertz CT molecular complexity index is 439. The second-order valence-corrected chi connectivity index (χ2v) is 6.67. The van der Waals surface area contributed by atoms with Crippen molar-refractivity contribution in [1.29, 1.82) is 0 Å². The molecule has 0 spiro atoms. The van der Waals surface area contributed by atoms with Crippen LogP contribution in [0.5, 0.6) is 0 Å². The highest BCUT2D eigenvalue weighted by atomic mass is 32.2. The number of hydrogen-bond acceptors (Lipinski definition) is 4. The van der Waals surface area contributed by atoms with Crippen LogP contribution in [0.15, 0.2) is 24.5 Å². The quantitative estimate of drug-likeness (QED) is 0.875. The van der Waals surface area contributed by atoms with Crippen LogP contribution in [0, 0.1) is 0 Å². The molecule has 1 atom stereocenters. The lowest BCUT2D eigenvalue weighted by Gasteiger charge is -2.23. The molecule has 0 radical (unpaired) electrons. The number of hydrogen-bond donors (Lipinski definition) is 1. The molecule has 0 amide bonds. The fourth-order valence-corrected chi connectivity index (χ4v) is 3.86. The summed E-state index contributed by atoms with van der Waals surface area (Å²) in [5, 5.41) is 3.27. The van der Waals surface area contributed by atoms with Crippen molar-refractivity contribution in [2.24, 2.45) is 0 Å². The molecule has 1 aliphatic rings. The Morgan fingerprint density at radius 3 is 2.94 bits per heavy atom. The Kier molecular flexibility index (Phi) is 4.12. The minimum absolute atomic E-state index is 0.0962. The molecular formula is C12H18N2O2S. The highest BCUT2D eigenvalue weighted by molar-refractivity contribution is 7.90. The first-order chi connectivity index (χ1) is 8.16. The van der Waals surface area contributed by atoms with Gasteiger partial charge < -0.3 is 5.32 Å². The average Bonchev–Trinajstić information content (AvgIpc) is 2.30. The Morgan fingerprint density at radius 2 is 2.29 bits per heavy atom. The van der Waals surface area contributed by atoms with Gasteiger partial charge in [0.05, 0.1) is 11.5 Å². The number of piperidine rings is 1. The van der Waals surface area contributed by atoms with Gasteiger partial charge in [-0.15, -0.1) is 0 Å². The van der Waals surface area contributed by atoms with E-state index in [9.17, 15) is 8.42 Å². The zero-order chi connectivity index (χ0) is 12.1. The van der Waals surface area contributed by atoms with Gasteiger partial charge in [-0.25, -0.2) is 8.42 Å². The van der Waals surface area contributed by atoms with Gasteiger partial charge in [-0.2, -0.15) is 0 Å². The summed E-state index contributed by atoms with van der Waals surface area (Å²) in [4.78, 5) is 3.94. The van der Waals surface area contributed by atoms with E-state index in [0.717, 1.165) is 31.4 Å². The third kappa shape index (κ3) is 4.09. The van der Waals surface area contributed by atoms with E-state index >= 15 is 0 Å². The van der Waals surface area contributed by atoms with Crippen molar-refractivity contribution in [1.82, 2.24) is 10.3 Å². The maximum atomic E-state index is 12.0. The molecule has 1 N–H and O–H groups in total. The lowest BCUT2D eigenvalue weighted by molar-refractivity contribution is 0.423. The number of rotatable bonds is 4. The topological polar surface area (TPSA) is 59.1 Å². The molecular weight excluding hydrogens is 236 g/mol. The van der Waals surface area contributed by atoms with Crippen molar-refractivity contribution in [3.63, 3.8) is 0 Å². The van der Waals surface area contributed by atoms with E-state index in [0.29, 0.717) is 0 Å². The van der Waals surface area contributed by atoms with E-state index in [-0.39, 0.29) is 17.5 Å². The van der Waals surface area contributed by atoms with Crippen molar-refractivity contribution in [3.8, 4) is 0 Å². The Hall–Kier alpha value is -0.940. The molecule has 2 rings (SSSR count). The molecule has 1 saturated heterocycles. The molecule has 1 aliphatic heterocycles. The van der Waals surface area contributed by atoms with Crippen LogP contribution in [0.4, 0.5) is 0 Å². The highest BCUT2D eigenvalue weighted by Crippen LogP contribution is 2.12. The molecule has 94 valence electrons. The number of aromatic nitrogens is 1. The molecule has 4 nitrogen and oxygen atoms in total. The van der Waals surface area contributed by atoms with Crippen LogP contribution in [0.3, 0.4) is 0 Å². The Balaban J connectivity index is 1.94. The number of nitrogens with one attached hydrogen (secondary N) is 1. The van der Waals surface area contributed by atoms with Crippen LogP contribution in [0.2, 0.25) is 0 Å². The van der Waals surface area contributed by atoms with Crippen molar-refractivity contribution in [3.05, 3.63) is 30.1 Å². The maximum absolute atomic E-state index is 12.0. The van der Waals surface area contributed by atoms with Gasteiger partial charge in [0.15, 0.2) is 9.84 Å². The molecule has 0 aliphatic carbocycles. The van der Waals surface area contributed by atoms with E-state index in [1.165, 1.54) is 0 Å². The fourth-order valence-electron chi connectivity index (χ4n) is 2.17. The normalized spacial score (nSPS) is 21.3. The van der Waals surface area contributed by atoms with Gasteiger partial charge in [-0.3, -0.25) is 4.98 Å². The van der Waals surface area contributed by atoms with Crippen molar-refractivity contribution in [2.45, 2.75) is 31.1 Å². The molecule has 2 heterocycles.